The summed E-state index contributed by atoms with van der Waals surface area (Å²) in [4.78, 5) is 47.8. The molecule has 10 heteroatoms. The van der Waals surface area contributed by atoms with E-state index in [-0.39, 0.29) is 0 Å². The van der Waals surface area contributed by atoms with Gasteiger partial charge in [0.25, 0.3) is 0 Å². The van der Waals surface area contributed by atoms with E-state index >= 15 is 0 Å². The summed E-state index contributed by atoms with van der Waals surface area (Å²) in [5.41, 5.74) is 2.76. The first kappa shape index (κ1) is 42.5. The molecule has 0 unspecified atom stereocenters. The van der Waals surface area contributed by atoms with Crippen LogP contribution in [0, 0.1) is 0 Å². The van der Waals surface area contributed by atoms with Crippen LogP contribution in [0.5, 0.6) is 23.0 Å². The molecule has 0 heterocycles. The average Bonchev–Trinajstić information content (AvgIpc) is 3.25. The van der Waals surface area contributed by atoms with Crippen molar-refractivity contribution in [3.63, 3.8) is 0 Å². The molecule has 0 aliphatic heterocycles. The van der Waals surface area contributed by atoms with E-state index in [0.717, 1.165) is 85.4 Å². The van der Waals surface area contributed by atoms with E-state index < -0.39 is 23.9 Å². The number of carbonyl (C=O) groups is 4. The van der Waals surface area contributed by atoms with Crippen LogP contribution in [-0.2, 0) is 19.1 Å². The standard InChI is InChI=1S/C48H48O10/c1-3-45(49)55-31-11-7-5-9-29-53-41-22-17-36(18-23-41)47(51)57-43-26-15-35(16-27-43)38-13-14-40-34-44(28-21-39(40)33-38)58-48(52)37-19-24-42(25-20-37)54-30-10-6-8-12-32-56-46(50)4-2/h3-4,13-28,33-34H,1-2,5-12,29-32H2. The van der Waals surface area contributed by atoms with Crippen LogP contribution in [0.15, 0.2) is 135 Å². The zero-order valence-corrected chi connectivity index (χ0v) is 32.5. The van der Waals surface area contributed by atoms with Crippen molar-refractivity contribution in [3.8, 4) is 34.1 Å². The lowest BCUT2D eigenvalue weighted by Crippen LogP contribution is -2.08. The molecular formula is C48H48O10. The second kappa shape index (κ2) is 22.8. The molecule has 0 aromatic heterocycles. The van der Waals surface area contributed by atoms with Gasteiger partial charge in [-0.2, -0.15) is 0 Å². The highest BCUT2D eigenvalue weighted by molar-refractivity contribution is 5.93. The minimum absolute atomic E-state index is 0.391. The molecule has 0 N–H and O–H groups in total. The summed E-state index contributed by atoms with van der Waals surface area (Å²) in [7, 11) is 0. The van der Waals surface area contributed by atoms with Gasteiger partial charge in [-0.15, -0.1) is 0 Å². The number of ether oxygens (including phenoxy) is 6. The molecule has 5 rings (SSSR count). The minimum Gasteiger partial charge on any atom is -0.494 e. The van der Waals surface area contributed by atoms with Gasteiger partial charge < -0.3 is 28.4 Å². The van der Waals surface area contributed by atoms with E-state index in [4.69, 9.17) is 28.4 Å². The van der Waals surface area contributed by atoms with Crippen LogP contribution in [-0.4, -0.2) is 50.3 Å². The van der Waals surface area contributed by atoms with Gasteiger partial charge >= 0.3 is 23.9 Å². The molecule has 300 valence electrons. The Hall–Kier alpha value is -6.68. The van der Waals surface area contributed by atoms with E-state index in [1.54, 1.807) is 66.7 Å². The highest BCUT2D eigenvalue weighted by atomic mass is 16.5. The van der Waals surface area contributed by atoms with Crippen molar-refractivity contribution < 1.29 is 47.6 Å². The Labute approximate surface area is 339 Å². The minimum atomic E-state index is -0.466. The molecule has 0 spiro atoms. The predicted octanol–water partition coefficient (Wildman–Crippen LogP) is 10.3. The van der Waals surface area contributed by atoms with Gasteiger partial charge in [0.15, 0.2) is 0 Å². The van der Waals surface area contributed by atoms with Gasteiger partial charge in [0.05, 0.1) is 37.6 Å². The number of hydrogen-bond donors (Lipinski definition) is 0. The maximum Gasteiger partial charge on any atom is 0.343 e. The zero-order chi connectivity index (χ0) is 41.0. The van der Waals surface area contributed by atoms with Crippen LogP contribution in [0.4, 0.5) is 0 Å². The van der Waals surface area contributed by atoms with Crippen molar-refractivity contribution in [2.24, 2.45) is 0 Å². The third kappa shape index (κ3) is 13.8. The fourth-order valence-electron chi connectivity index (χ4n) is 5.85. The number of fused-ring (bicyclic) bond motifs is 1. The fourth-order valence-corrected chi connectivity index (χ4v) is 5.85. The molecule has 5 aromatic rings. The SMILES string of the molecule is C=CC(=O)OCCCCCCOc1ccc(C(=O)Oc2ccc(-c3ccc4cc(OC(=O)c5ccc(OCCCCCCOC(=O)C=C)cc5)ccc4c3)cc2)cc1. The Kier molecular flexibility index (Phi) is 16.7. The summed E-state index contributed by atoms with van der Waals surface area (Å²) >= 11 is 0. The van der Waals surface area contributed by atoms with Crippen LogP contribution < -0.4 is 18.9 Å². The Morgan fingerprint density at radius 3 is 1.31 bits per heavy atom. The molecule has 0 atom stereocenters. The lowest BCUT2D eigenvalue weighted by Gasteiger charge is -2.10. The van der Waals surface area contributed by atoms with Crippen molar-refractivity contribution in [2.75, 3.05) is 26.4 Å². The van der Waals surface area contributed by atoms with Gasteiger partial charge in [-0.3, -0.25) is 0 Å². The lowest BCUT2D eigenvalue weighted by atomic mass is 10.0. The number of unbranched alkanes of at least 4 members (excludes halogenated alkanes) is 6. The Bertz CT molecular complexity index is 2140. The highest BCUT2D eigenvalue weighted by Gasteiger charge is 2.12. The summed E-state index contributed by atoms with van der Waals surface area (Å²) in [6, 6.07) is 32.6. The predicted molar refractivity (Wildman–Crippen MR) is 222 cm³/mol. The summed E-state index contributed by atoms with van der Waals surface area (Å²) in [6.45, 7) is 8.63. The van der Waals surface area contributed by atoms with Crippen LogP contribution in [0.25, 0.3) is 21.9 Å². The summed E-state index contributed by atoms with van der Waals surface area (Å²) < 4.78 is 32.8. The molecule has 5 aromatic carbocycles. The van der Waals surface area contributed by atoms with Crippen molar-refractivity contribution in [2.45, 2.75) is 51.4 Å². The number of benzene rings is 5. The summed E-state index contributed by atoms with van der Waals surface area (Å²) in [6.07, 6.45) is 9.42. The molecule has 10 nitrogen and oxygen atoms in total. The van der Waals surface area contributed by atoms with Gasteiger partial charge in [-0.05, 0) is 152 Å². The fraction of sp³-hybridized carbons (Fsp3) is 0.250. The first-order valence-corrected chi connectivity index (χ1v) is 19.4. The van der Waals surface area contributed by atoms with Crippen molar-refractivity contribution in [3.05, 3.63) is 146 Å². The first-order valence-electron chi connectivity index (χ1n) is 19.4. The molecule has 58 heavy (non-hydrogen) atoms. The van der Waals surface area contributed by atoms with E-state index in [1.807, 2.05) is 36.4 Å². The molecule has 0 aliphatic carbocycles. The molecule has 0 bridgehead atoms. The number of rotatable bonds is 23. The van der Waals surface area contributed by atoms with Crippen LogP contribution in [0.1, 0.15) is 72.1 Å². The Morgan fingerprint density at radius 2 is 0.810 bits per heavy atom. The van der Waals surface area contributed by atoms with Gasteiger partial charge in [0.2, 0.25) is 0 Å². The van der Waals surface area contributed by atoms with Crippen molar-refractivity contribution in [1.29, 1.82) is 0 Å². The molecular weight excluding hydrogens is 737 g/mol. The molecule has 0 saturated carbocycles. The largest absolute Gasteiger partial charge is 0.494 e. The van der Waals surface area contributed by atoms with Gasteiger partial charge in [0.1, 0.15) is 23.0 Å². The van der Waals surface area contributed by atoms with E-state index in [1.165, 1.54) is 0 Å². The second-order valence-electron chi connectivity index (χ2n) is 13.3. The van der Waals surface area contributed by atoms with Crippen LogP contribution in [0.2, 0.25) is 0 Å². The third-order valence-electron chi connectivity index (χ3n) is 9.04. The van der Waals surface area contributed by atoms with Gasteiger partial charge in [-0.1, -0.05) is 43.5 Å². The zero-order valence-electron chi connectivity index (χ0n) is 32.5. The highest BCUT2D eigenvalue weighted by Crippen LogP contribution is 2.29. The number of hydrogen-bond acceptors (Lipinski definition) is 10. The monoisotopic (exact) mass is 784 g/mol. The molecule has 0 saturated heterocycles. The van der Waals surface area contributed by atoms with Crippen molar-refractivity contribution >= 4 is 34.6 Å². The third-order valence-corrected chi connectivity index (χ3v) is 9.04. The molecule has 0 amide bonds. The van der Waals surface area contributed by atoms with Crippen LogP contribution >= 0.6 is 0 Å². The second-order valence-corrected chi connectivity index (χ2v) is 13.3. The van der Waals surface area contributed by atoms with Gasteiger partial charge in [0, 0.05) is 12.2 Å². The van der Waals surface area contributed by atoms with E-state index in [0.29, 0.717) is 60.6 Å². The van der Waals surface area contributed by atoms with E-state index in [2.05, 4.69) is 19.2 Å². The Balaban J connectivity index is 1.03. The first-order chi connectivity index (χ1) is 28.3. The quantitative estimate of drug-likeness (QED) is 0.0274. The Morgan fingerprint density at radius 1 is 0.414 bits per heavy atom. The normalized spacial score (nSPS) is 10.6. The molecule has 0 radical (unpaired) electrons. The molecule has 0 aliphatic rings. The van der Waals surface area contributed by atoms with Crippen molar-refractivity contribution in [1.82, 2.24) is 0 Å². The van der Waals surface area contributed by atoms with Gasteiger partial charge in [-0.25, -0.2) is 19.2 Å². The lowest BCUT2D eigenvalue weighted by molar-refractivity contribution is -0.138. The van der Waals surface area contributed by atoms with E-state index in [9.17, 15) is 19.2 Å². The smallest absolute Gasteiger partial charge is 0.343 e. The summed E-state index contributed by atoms with van der Waals surface area (Å²) in [5.74, 6) is 0.475. The molecule has 0 fully saturated rings. The summed E-state index contributed by atoms with van der Waals surface area (Å²) in [5, 5.41) is 1.89. The topological polar surface area (TPSA) is 124 Å². The maximum absolute atomic E-state index is 12.9. The van der Waals surface area contributed by atoms with Crippen LogP contribution in [0.3, 0.4) is 0 Å². The number of carbonyl (C=O) groups excluding carboxylic acids is 4. The maximum atomic E-state index is 12.9. The number of esters is 4. The average molecular weight is 785 g/mol.